The number of rotatable bonds is 5. The van der Waals surface area contributed by atoms with Gasteiger partial charge in [-0.15, -0.1) is 0 Å². The molecule has 2 heterocycles. The van der Waals surface area contributed by atoms with E-state index in [1.54, 1.807) is 22.9 Å². The van der Waals surface area contributed by atoms with E-state index < -0.39 is 11.8 Å². The number of hydrazine groups is 1. The Bertz CT molecular complexity index is 1520. The zero-order valence-electron chi connectivity index (χ0n) is 19.4. The first kappa shape index (κ1) is 22.1. The molecule has 174 valence electrons. The van der Waals surface area contributed by atoms with Crippen molar-refractivity contribution >= 4 is 22.8 Å². The molecule has 0 bridgehead atoms. The molecule has 0 unspecified atom stereocenters. The van der Waals surface area contributed by atoms with Crippen LogP contribution in [0.2, 0.25) is 0 Å². The van der Waals surface area contributed by atoms with Gasteiger partial charge in [0.05, 0.1) is 22.4 Å². The topological polar surface area (TPSA) is 93.8 Å². The fourth-order valence-electron chi connectivity index (χ4n) is 4.10. The maximum atomic E-state index is 13.1. The van der Waals surface area contributed by atoms with E-state index in [0.29, 0.717) is 17.0 Å². The van der Waals surface area contributed by atoms with Crippen LogP contribution in [0.5, 0.6) is 0 Å². The molecule has 35 heavy (non-hydrogen) atoms. The van der Waals surface area contributed by atoms with Gasteiger partial charge in [-0.25, -0.2) is 9.67 Å². The molecule has 8 heteroatoms. The molecule has 0 spiro atoms. The fourth-order valence-corrected chi connectivity index (χ4v) is 4.10. The SMILES string of the molecule is CCn1c(C)nc2cc(C(=O)NNC(=O)c3cc(-c4ccccc4)nn3-c3ccccc3)ccc21. The summed E-state index contributed by atoms with van der Waals surface area (Å²) in [5.41, 5.74) is 9.70. The molecule has 0 saturated heterocycles. The minimum absolute atomic E-state index is 0.295. The Kier molecular flexibility index (Phi) is 5.85. The van der Waals surface area contributed by atoms with Crippen LogP contribution in [0.1, 0.15) is 33.6 Å². The van der Waals surface area contributed by atoms with Gasteiger partial charge in [0.2, 0.25) is 0 Å². The number of hydrogen-bond acceptors (Lipinski definition) is 4. The van der Waals surface area contributed by atoms with Crippen molar-refractivity contribution in [3.8, 4) is 16.9 Å². The number of fused-ring (bicyclic) bond motifs is 1. The lowest BCUT2D eigenvalue weighted by Crippen LogP contribution is -2.42. The van der Waals surface area contributed by atoms with Gasteiger partial charge in [0.15, 0.2) is 0 Å². The average Bonchev–Trinajstić information content (AvgIpc) is 3.48. The Morgan fingerprint density at radius 3 is 2.26 bits per heavy atom. The molecule has 2 aromatic heterocycles. The monoisotopic (exact) mass is 464 g/mol. The number of hydrogen-bond donors (Lipinski definition) is 2. The zero-order valence-corrected chi connectivity index (χ0v) is 19.4. The number of para-hydroxylation sites is 1. The van der Waals surface area contributed by atoms with E-state index in [0.717, 1.165) is 34.7 Å². The average molecular weight is 465 g/mol. The van der Waals surface area contributed by atoms with Crippen molar-refractivity contribution in [1.82, 2.24) is 30.2 Å². The minimum Gasteiger partial charge on any atom is -0.329 e. The van der Waals surface area contributed by atoms with E-state index in [2.05, 4.69) is 25.5 Å². The van der Waals surface area contributed by atoms with Gasteiger partial charge in [-0.1, -0.05) is 48.5 Å². The Hall–Kier alpha value is -4.72. The number of nitrogens with one attached hydrogen (secondary N) is 2. The Morgan fingerprint density at radius 2 is 1.54 bits per heavy atom. The van der Waals surface area contributed by atoms with Crippen LogP contribution in [-0.2, 0) is 6.54 Å². The van der Waals surface area contributed by atoms with E-state index in [-0.39, 0.29) is 0 Å². The normalized spacial score (nSPS) is 10.9. The van der Waals surface area contributed by atoms with E-state index in [4.69, 9.17) is 0 Å². The second-order valence-corrected chi connectivity index (χ2v) is 8.04. The molecule has 8 nitrogen and oxygen atoms in total. The molecule has 0 atom stereocenters. The lowest BCUT2D eigenvalue weighted by Gasteiger charge is -2.09. The lowest BCUT2D eigenvalue weighted by atomic mass is 10.1. The van der Waals surface area contributed by atoms with Gasteiger partial charge in [-0.2, -0.15) is 5.10 Å². The van der Waals surface area contributed by atoms with Gasteiger partial charge in [0, 0.05) is 17.7 Å². The van der Waals surface area contributed by atoms with Crippen molar-refractivity contribution in [2.45, 2.75) is 20.4 Å². The number of aromatic nitrogens is 4. The molecule has 2 amide bonds. The van der Waals surface area contributed by atoms with Crippen LogP contribution in [0.15, 0.2) is 84.9 Å². The van der Waals surface area contributed by atoms with Gasteiger partial charge in [0.1, 0.15) is 11.5 Å². The summed E-state index contributed by atoms with van der Waals surface area (Å²) in [6.45, 7) is 4.78. The molecule has 3 aromatic carbocycles. The van der Waals surface area contributed by atoms with Crippen LogP contribution in [0.25, 0.3) is 28.0 Å². The van der Waals surface area contributed by atoms with Crippen LogP contribution < -0.4 is 10.9 Å². The lowest BCUT2D eigenvalue weighted by molar-refractivity contribution is 0.0842. The molecule has 0 fully saturated rings. The summed E-state index contributed by atoms with van der Waals surface area (Å²) < 4.78 is 3.64. The van der Waals surface area contributed by atoms with Crippen molar-refractivity contribution in [2.75, 3.05) is 0 Å². The van der Waals surface area contributed by atoms with Crippen molar-refractivity contribution < 1.29 is 9.59 Å². The van der Waals surface area contributed by atoms with Gasteiger partial charge >= 0.3 is 0 Å². The van der Waals surface area contributed by atoms with Gasteiger partial charge in [0.25, 0.3) is 11.8 Å². The number of imidazole rings is 1. The molecule has 0 aliphatic carbocycles. The largest absolute Gasteiger partial charge is 0.329 e. The number of amides is 2. The minimum atomic E-state index is -0.482. The number of carbonyl (C=O) groups excluding carboxylic acids is 2. The van der Waals surface area contributed by atoms with Crippen LogP contribution >= 0.6 is 0 Å². The van der Waals surface area contributed by atoms with Crippen molar-refractivity contribution in [2.24, 2.45) is 0 Å². The number of nitrogens with zero attached hydrogens (tertiary/aromatic N) is 4. The number of benzene rings is 3. The Morgan fingerprint density at radius 1 is 0.857 bits per heavy atom. The van der Waals surface area contributed by atoms with Crippen LogP contribution in [0, 0.1) is 6.92 Å². The van der Waals surface area contributed by atoms with E-state index in [9.17, 15) is 9.59 Å². The third kappa shape index (κ3) is 4.29. The highest BCUT2D eigenvalue weighted by Gasteiger charge is 2.19. The zero-order chi connectivity index (χ0) is 24.4. The van der Waals surface area contributed by atoms with Gasteiger partial charge in [-0.3, -0.25) is 20.4 Å². The molecule has 0 aliphatic heterocycles. The highest BCUT2D eigenvalue weighted by molar-refractivity contribution is 6.00. The maximum Gasteiger partial charge on any atom is 0.288 e. The van der Waals surface area contributed by atoms with E-state index >= 15 is 0 Å². The van der Waals surface area contributed by atoms with Crippen LogP contribution in [0.4, 0.5) is 0 Å². The predicted molar refractivity (Wildman–Crippen MR) is 134 cm³/mol. The summed E-state index contributed by atoms with van der Waals surface area (Å²) in [5, 5.41) is 4.64. The predicted octanol–water partition coefficient (Wildman–Crippen LogP) is 4.29. The molecule has 0 radical (unpaired) electrons. The standard InChI is InChI=1S/C27H24N6O2/c1-3-32-18(2)28-23-16-20(14-15-24(23)32)26(34)29-30-27(35)25-17-22(19-10-6-4-7-11-19)31-33(25)21-12-8-5-9-13-21/h4-17H,3H2,1-2H3,(H,29,34)(H,30,35). The fraction of sp³-hybridized carbons (Fsp3) is 0.111. The molecular formula is C27H24N6O2. The third-order valence-corrected chi connectivity index (χ3v) is 5.82. The summed E-state index contributed by atoms with van der Waals surface area (Å²) >= 11 is 0. The smallest absolute Gasteiger partial charge is 0.288 e. The van der Waals surface area contributed by atoms with Crippen LogP contribution in [0.3, 0.4) is 0 Å². The highest BCUT2D eigenvalue weighted by atomic mass is 16.2. The summed E-state index contributed by atoms with van der Waals surface area (Å²) in [4.78, 5) is 30.4. The first-order valence-electron chi connectivity index (χ1n) is 11.3. The Labute approximate surface area is 202 Å². The van der Waals surface area contributed by atoms with Crippen molar-refractivity contribution in [1.29, 1.82) is 0 Å². The van der Waals surface area contributed by atoms with Crippen molar-refractivity contribution in [3.05, 3.63) is 102 Å². The van der Waals surface area contributed by atoms with Crippen molar-refractivity contribution in [3.63, 3.8) is 0 Å². The van der Waals surface area contributed by atoms with Crippen LogP contribution in [-0.4, -0.2) is 31.1 Å². The van der Waals surface area contributed by atoms with E-state index in [1.165, 1.54) is 0 Å². The Balaban J connectivity index is 1.39. The summed E-state index contributed by atoms with van der Waals surface area (Å²) in [6, 6.07) is 26.0. The first-order valence-corrected chi connectivity index (χ1v) is 11.3. The third-order valence-electron chi connectivity index (χ3n) is 5.82. The number of carbonyl (C=O) groups is 2. The molecule has 2 N–H and O–H groups in total. The quantitative estimate of drug-likeness (QED) is 0.380. The molecule has 0 saturated carbocycles. The first-order chi connectivity index (χ1) is 17.0. The molecule has 5 rings (SSSR count). The second-order valence-electron chi connectivity index (χ2n) is 8.04. The van der Waals surface area contributed by atoms with E-state index in [1.807, 2.05) is 80.6 Å². The summed E-state index contributed by atoms with van der Waals surface area (Å²) in [6.07, 6.45) is 0. The summed E-state index contributed by atoms with van der Waals surface area (Å²) in [5.74, 6) is -0.0289. The molecule has 0 aliphatic rings. The maximum absolute atomic E-state index is 13.1. The van der Waals surface area contributed by atoms with Gasteiger partial charge in [-0.05, 0) is 50.2 Å². The molecule has 5 aromatic rings. The number of aryl methyl sites for hydroxylation is 2. The molecular weight excluding hydrogens is 440 g/mol. The summed E-state index contributed by atoms with van der Waals surface area (Å²) in [7, 11) is 0. The van der Waals surface area contributed by atoms with Gasteiger partial charge < -0.3 is 4.57 Å². The highest BCUT2D eigenvalue weighted by Crippen LogP contribution is 2.22. The second kappa shape index (κ2) is 9.26.